The predicted molar refractivity (Wildman–Crippen MR) is 84.8 cm³/mol. The van der Waals surface area contributed by atoms with Crippen LogP contribution in [0, 0.1) is 0 Å². The molecule has 0 heterocycles. The minimum absolute atomic E-state index is 0. The zero-order valence-electron chi connectivity index (χ0n) is 12.5. The molecule has 0 aliphatic heterocycles. The van der Waals surface area contributed by atoms with Gasteiger partial charge in [0.25, 0.3) is 5.91 Å². The first-order valence-corrected chi connectivity index (χ1v) is 6.26. The van der Waals surface area contributed by atoms with E-state index in [1.165, 1.54) is 12.8 Å². The summed E-state index contributed by atoms with van der Waals surface area (Å²) in [5.74, 6) is 0.00171. The Labute approximate surface area is 123 Å². The normalized spacial score (nSPS) is 9.06. The number of carbonyl (C=O) groups is 1. The van der Waals surface area contributed by atoms with Gasteiger partial charge < -0.3 is 5.73 Å². The Kier molecular flexibility index (Phi) is 18.6. The van der Waals surface area contributed by atoms with Gasteiger partial charge in [-0.2, -0.15) is 0 Å². The van der Waals surface area contributed by atoms with Crippen LogP contribution in [0.2, 0.25) is 0 Å². The maximum Gasteiger partial charge on any atom is 0.263 e. The molecule has 0 aromatic heterocycles. The highest BCUT2D eigenvalue weighted by Crippen LogP contribution is 2.01. The predicted octanol–water partition coefficient (Wildman–Crippen LogP) is 2.60. The number of nitrogens with two attached hydrogens (primary N) is 1. The van der Waals surface area contributed by atoms with Crippen molar-refractivity contribution >= 4 is 22.9 Å². The molecule has 0 rings (SSSR count). The highest BCUT2D eigenvalue weighted by atomic mass is 79.9. The molecule has 0 radical (unpaired) electrons. The molecular formula is C13H30BrN3O. The van der Waals surface area contributed by atoms with E-state index in [1.54, 1.807) is 16.9 Å². The highest BCUT2D eigenvalue weighted by Gasteiger charge is 2.14. The fraction of sp³-hybridized carbons (Fsp3) is 0.769. The van der Waals surface area contributed by atoms with Crippen molar-refractivity contribution in [1.82, 2.24) is 10.0 Å². The van der Waals surface area contributed by atoms with Crippen molar-refractivity contribution in [3.8, 4) is 0 Å². The van der Waals surface area contributed by atoms with E-state index >= 15 is 0 Å². The molecule has 0 aromatic rings. The van der Waals surface area contributed by atoms with E-state index < -0.39 is 0 Å². The van der Waals surface area contributed by atoms with Crippen molar-refractivity contribution in [1.29, 1.82) is 0 Å². The Bertz CT molecular complexity index is 218. The SMILES string of the molecule is Br.C=C(C)C(=O)N(CCC)N(C)C.CCCCN. The molecule has 110 valence electrons. The molecule has 0 aliphatic carbocycles. The average molecular weight is 324 g/mol. The van der Waals surface area contributed by atoms with Gasteiger partial charge in [0.15, 0.2) is 0 Å². The van der Waals surface area contributed by atoms with Crippen LogP contribution < -0.4 is 5.73 Å². The molecule has 0 aromatic carbocycles. The van der Waals surface area contributed by atoms with E-state index in [1.807, 2.05) is 21.0 Å². The van der Waals surface area contributed by atoms with Crippen LogP contribution in [0.5, 0.6) is 0 Å². The van der Waals surface area contributed by atoms with Crippen molar-refractivity contribution < 1.29 is 4.79 Å². The summed E-state index contributed by atoms with van der Waals surface area (Å²) in [5.41, 5.74) is 5.72. The molecular weight excluding hydrogens is 294 g/mol. The van der Waals surface area contributed by atoms with Crippen LogP contribution in [-0.2, 0) is 4.79 Å². The van der Waals surface area contributed by atoms with E-state index in [2.05, 4.69) is 13.5 Å². The summed E-state index contributed by atoms with van der Waals surface area (Å²) < 4.78 is 0. The number of hydrogen-bond donors (Lipinski definition) is 1. The average Bonchev–Trinajstić information content (AvgIpc) is 2.26. The van der Waals surface area contributed by atoms with Crippen molar-refractivity contribution in [3.63, 3.8) is 0 Å². The fourth-order valence-corrected chi connectivity index (χ4v) is 1.12. The number of hydrogen-bond acceptors (Lipinski definition) is 3. The van der Waals surface area contributed by atoms with Gasteiger partial charge in [-0.15, -0.1) is 17.0 Å². The van der Waals surface area contributed by atoms with Gasteiger partial charge >= 0.3 is 0 Å². The van der Waals surface area contributed by atoms with Crippen LogP contribution in [0.15, 0.2) is 12.2 Å². The Balaban J connectivity index is -0.000000321. The molecule has 5 heteroatoms. The van der Waals surface area contributed by atoms with Crippen molar-refractivity contribution in [2.75, 3.05) is 27.2 Å². The molecule has 4 nitrogen and oxygen atoms in total. The van der Waals surface area contributed by atoms with Crippen LogP contribution in [0.1, 0.15) is 40.0 Å². The first-order chi connectivity index (χ1) is 7.92. The number of rotatable bonds is 6. The maximum absolute atomic E-state index is 11.5. The second-order valence-corrected chi connectivity index (χ2v) is 4.20. The molecule has 0 unspecified atom stereocenters. The first-order valence-electron chi connectivity index (χ1n) is 6.26. The van der Waals surface area contributed by atoms with Crippen LogP contribution in [0.25, 0.3) is 0 Å². The lowest BCUT2D eigenvalue weighted by atomic mass is 10.3. The summed E-state index contributed by atoms with van der Waals surface area (Å²) in [7, 11) is 3.72. The standard InChI is InChI=1S/C9H18N2O.C4H11N.BrH/c1-6-7-11(10(4)5)9(12)8(2)3;1-2-3-4-5;/h2,6-7H2,1,3-5H3;2-5H2,1H3;1H. The Morgan fingerprint density at radius 2 is 1.72 bits per heavy atom. The van der Waals surface area contributed by atoms with Gasteiger partial charge in [-0.25, -0.2) is 5.01 Å². The minimum Gasteiger partial charge on any atom is -0.330 e. The molecule has 0 atom stereocenters. The third-order valence-corrected chi connectivity index (χ3v) is 2.08. The molecule has 2 N–H and O–H groups in total. The topological polar surface area (TPSA) is 49.6 Å². The van der Waals surface area contributed by atoms with E-state index in [9.17, 15) is 4.79 Å². The summed E-state index contributed by atoms with van der Waals surface area (Å²) in [6.45, 7) is 11.1. The molecule has 0 saturated carbocycles. The van der Waals surface area contributed by atoms with Gasteiger partial charge in [-0.1, -0.05) is 26.8 Å². The zero-order chi connectivity index (χ0) is 13.8. The summed E-state index contributed by atoms with van der Waals surface area (Å²) in [5, 5.41) is 3.48. The Morgan fingerprint density at radius 3 is 1.89 bits per heavy atom. The Morgan fingerprint density at radius 1 is 1.22 bits per heavy atom. The van der Waals surface area contributed by atoms with Gasteiger partial charge in [0.1, 0.15) is 0 Å². The molecule has 0 bridgehead atoms. The second-order valence-electron chi connectivity index (χ2n) is 4.20. The first kappa shape index (κ1) is 22.8. The van der Waals surface area contributed by atoms with Gasteiger partial charge in [-0.3, -0.25) is 9.80 Å². The number of halogens is 1. The monoisotopic (exact) mass is 323 g/mol. The lowest BCUT2D eigenvalue weighted by molar-refractivity contribution is -0.140. The Hall–Kier alpha value is -0.390. The molecule has 0 saturated heterocycles. The minimum atomic E-state index is 0. The summed E-state index contributed by atoms with van der Waals surface area (Å²) >= 11 is 0. The smallest absolute Gasteiger partial charge is 0.263 e. The quantitative estimate of drug-likeness (QED) is 0.603. The van der Waals surface area contributed by atoms with Gasteiger partial charge in [-0.05, 0) is 26.3 Å². The largest absolute Gasteiger partial charge is 0.330 e. The van der Waals surface area contributed by atoms with E-state index in [-0.39, 0.29) is 22.9 Å². The van der Waals surface area contributed by atoms with Gasteiger partial charge in [0, 0.05) is 26.2 Å². The van der Waals surface area contributed by atoms with Crippen LogP contribution in [-0.4, -0.2) is 43.1 Å². The maximum atomic E-state index is 11.5. The third kappa shape index (κ3) is 12.1. The van der Waals surface area contributed by atoms with E-state index in [0.717, 1.165) is 19.5 Å². The number of unbranched alkanes of at least 4 members (excludes halogenated alkanes) is 1. The van der Waals surface area contributed by atoms with Crippen LogP contribution in [0.4, 0.5) is 0 Å². The van der Waals surface area contributed by atoms with Crippen molar-refractivity contribution in [3.05, 3.63) is 12.2 Å². The molecule has 0 fully saturated rings. The lowest BCUT2D eigenvalue weighted by Crippen LogP contribution is -2.42. The summed E-state index contributed by atoms with van der Waals surface area (Å²) in [6.07, 6.45) is 3.34. The number of amides is 1. The highest BCUT2D eigenvalue weighted by molar-refractivity contribution is 8.93. The molecule has 0 aliphatic rings. The zero-order valence-corrected chi connectivity index (χ0v) is 14.2. The summed E-state index contributed by atoms with van der Waals surface area (Å²) in [4.78, 5) is 11.5. The number of nitrogens with zero attached hydrogens (tertiary/aromatic N) is 2. The van der Waals surface area contributed by atoms with E-state index in [4.69, 9.17) is 5.73 Å². The van der Waals surface area contributed by atoms with Crippen molar-refractivity contribution in [2.24, 2.45) is 5.73 Å². The summed E-state index contributed by atoms with van der Waals surface area (Å²) in [6, 6.07) is 0. The third-order valence-electron chi connectivity index (χ3n) is 2.08. The van der Waals surface area contributed by atoms with Crippen molar-refractivity contribution in [2.45, 2.75) is 40.0 Å². The van der Waals surface area contributed by atoms with Gasteiger partial charge in [0.2, 0.25) is 0 Å². The van der Waals surface area contributed by atoms with E-state index in [0.29, 0.717) is 5.57 Å². The second kappa shape index (κ2) is 14.7. The molecule has 0 spiro atoms. The molecule has 18 heavy (non-hydrogen) atoms. The molecule has 1 amide bonds. The number of hydrazine groups is 1. The van der Waals surface area contributed by atoms with Gasteiger partial charge in [0.05, 0.1) is 0 Å². The lowest BCUT2D eigenvalue weighted by Gasteiger charge is -2.28. The number of carbonyl (C=O) groups excluding carboxylic acids is 1. The fourth-order valence-electron chi connectivity index (χ4n) is 1.12. The van der Waals surface area contributed by atoms with Crippen LogP contribution in [0.3, 0.4) is 0 Å². The van der Waals surface area contributed by atoms with Crippen LogP contribution >= 0.6 is 17.0 Å².